The van der Waals surface area contributed by atoms with Gasteiger partial charge in [-0.25, -0.2) is 0 Å². The SMILES string of the molecule is COC(=O)C(C)N1CCN(C(C)C(=O)OC)CCN(C(CCN)C(=O)OC)CCN(C(C)C(=O)OC)CC1. The lowest BCUT2D eigenvalue weighted by Crippen LogP contribution is -2.55. The lowest BCUT2D eigenvalue weighted by atomic mass is 10.1. The van der Waals surface area contributed by atoms with E-state index in [0.29, 0.717) is 65.3 Å². The van der Waals surface area contributed by atoms with Crippen LogP contribution < -0.4 is 5.73 Å². The van der Waals surface area contributed by atoms with Crippen LogP contribution in [0.3, 0.4) is 0 Å². The molecule has 0 aliphatic carbocycles. The molecule has 1 rings (SSSR count). The minimum atomic E-state index is -0.575. The van der Waals surface area contributed by atoms with Crippen LogP contribution in [0.4, 0.5) is 0 Å². The number of carbonyl (C=O) groups excluding carboxylic acids is 4. The molecule has 0 saturated carbocycles. The molecule has 1 fully saturated rings. The fourth-order valence-corrected chi connectivity index (χ4v) is 4.65. The smallest absolute Gasteiger partial charge is 0.323 e. The summed E-state index contributed by atoms with van der Waals surface area (Å²) in [5, 5.41) is 0. The minimum Gasteiger partial charge on any atom is -0.468 e. The van der Waals surface area contributed by atoms with Gasteiger partial charge < -0.3 is 24.7 Å². The van der Waals surface area contributed by atoms with Crippen molar-refractivity contribution in [3.05, 3.63) is 0 Å². The summed E-state index contributed by atoms with van der Waals surface area (Å²) in [7, 11) is 5.38. The summed E-state index contributed by atoms with van der Waals surface area (Å²) in [6.45, 7) is 9.21. The summed E-state index contributed by atoms with van der Waals surface area (Å²) >= 11 is 0. The monoisotopic (exact) mass is 545 g/mol. The molecule has 4 atom stereocenters. The van der Waals surface area contributed by atoms with Crippen molar-refractivity contribution in [1.29, 1.82) is 0 Å². The summed E-state index contributed by atoms with van der Waals surface area (Å²) in [6.07, 6.45) is 0.399. The number of nitrogens with two attached hydrogens (primary N) is 1. The third-order valence-electron chi connectivity index (χ3n) is 7.32. The highest BCUT2D eigenvalue weighted by Crippen LogP contribution is 2.13. The zero-order valence-corrected chi connectivity index (χ0v) is 24.0. The maximum Gasteiger partial charge on any atom is 0.323 e. The Balaban J connectivity index is 3.39. The van der Waals surface area contributed by atoms with Crippen molar-refractivity contribution in [3.8, 4) is 0 Å². The van der Waals surface area contributed by atoms with Crippen LogP contribution in [0, 0.1) is 0 Å². The van der Waals surface area contributed by atoms with Crippen molar-refractivity contribution in [3.63, 3.8) is 0 Å². The molecule has 0 spiro atoms. The minimum absolute atomic E-state index is 0.293. The Labute approximate surface area is 226 Å². The van der Waals surface area contributed by atoms with Gasteiger partial charge in [0.1, 0.15) is 24.2 Å². The third-order valence-corrected chi connectivity index (χ3v) is 7.32. The molecule has 0 aromatic carbocycles. The summed E-state index contributed by atoms with van der Waals surface area (Å²) in [5.41, 5.74) is 5.83. The van der Waals surface area contributed by atoms with Crippen molar-refractivity contribution < 1.29 is 38.1 Å². The van der Waals surface area contributed by atoms with Crippen LogP contribution in [-0.4, -0.2) is 155 Å². The van der Waals surface area contributed by atoms with Gasteiger partial charge in [0.15, 0.2) is 0 Å². The maximum atomic E-state index is 12.7. The van der Waals surface area contributed by atoms with Gasteiger partial charge >= 0.3 is 23.9 Å². The second kappa shape index (κ2) is 17.3. The fourth-order valence-electron chi connectivity index (χ4n) is 4.65. The molecule has 0 aromatic rings. The lowest BCUT2D eigenvalue weighted by molar-refractivity contribution is -0.151. The number of rotatable bonds is 10. The highest BCUT2D eigenvalue weighted by Gasteiger charge is 2.32. The first-order valence-corrected chi connectivity index (χ1v) is 13.0. The number of hydrogen-bond donors (Lipinski definition) is 1. The molecule has 0 amide bonds. The molecule has 1 saturated heterocycles. The standard InChI is InChI=1S/C25H47N5O8/c1-18(22(31)35-4)27-10-12-28(19(2)23(32)36-5)14-16-30(21(8-9-26)25(34)38-7)17-15-29(13-11-27)20(3)24(33)37-6/h18-21H,8-17,26H2,1-7H3. The molecule has 13 heteroatoms. The van der Waals surface area contributed by atoms with Gasteiger partial charge in [0.25, 0.3) is 0 Å². The van der Waals surface area contributed by atoms with E-state index in [1.165, 1.54) is 28.4 Å². The van der Waals surface area contributed by atoms with Crippen LogP contribution in [0.25, 0.3) is 0 Å². The Kier molecular flexibility index (Phi) is 15.3. The Morgan fingerprint density at radius 1 is 0.553 bits per heavy atom. The van der Waals surface area contributed by atoms with E-state index in [-0.39, 0.29) is 23.9 Å². The molecular weight excluding hydrogens is 498 g/mol. The molecule has 0 bridgehead atoms. The Bertz CT molecular complexity index is 732. The van der Waals surface area contributed by atoms with E-state index < -0.39 is 24.2 Å². The molecular formula is C25H47N5O8. The second-order valence-electron chi connectivity index (χ2n) is 9.36. The first kappa shape index (κ1) is 33.7. The maximum absolute atomic E-state index is 12.7. The Hall–Kier alpha value is -2.32. The van der Waals surface area contributed by atoms with E-state index >= 15 is 0 Å². The van der Waals surface area contributed by atoms with Gasteiger partial charge in [-0.1, -0.05) is 0 Å². The molecule has 0 aromatic heterocycles. The predicted molar refractivity (Wildman–Crippen MR) is 140 cm³/mol. The van der Waals surface area contributed by atoms with E-state index in [1.54, 1.807) is 20.8 Å². The lowest BCUT2D eigenvalue weighted by Gasteiger charge is -2.39. The first-order chi connectivity index (χ1) is 18.1. The third kappa shape index (κ3) is 9.77. The van der Waals surface area contributed by atoms with E-state index in [0.717, 1.165) is 0 Å². The van der Waals surface area contributed by atoms with Crippen molar-refractivity contribution >= 4 is 23.9 Å². The summed E-state index contributed by atoms with van der Waals surface area (Å²) in [6, 6.07) is -2.18. The van der Waals surface area contributed by atoms with Crippen LogP contribution in [0.5, 0.6) is 0 Å². The van der Waals surface area contributed by atoms with Crippen LogP contribution in [-0.2, 0) is 38.1 Å². The Morgan fingerprint density at radius 2 is 0.816 bits per heavy atom. The van der Waals surface area contributed by atoms with Crippen LogP contribution in [0.1, 0.15) is 27.2 Å². The highest BCUT2D eigenvalue weighted by molar-refractivity contribution is 5.76. The van der Waals surface area contributed by atoms with Gasteiger partial charge in [-0.15, -0.1) is 0 Å². The number of esters is 4. The number of carbonyl (C=O) groups is 4. The van der Waals surface area contributed by atoms with Crippen LogP contribution in [0.15, 0.2) is 0 Å². The summed E-state index contributed by atoms with van der Waals surface area (Å²) in [5.74, 6) is -1.51. The number of hydrogen-bond acceptors (Lipinski definition) is 13. The molecule has 1 aliphatic rings. The molecule has 13 nitrogen and oxygen atoms in total. The van der Waals surface area contributed by atoms with Gasteiger partial charge in [0.2, 0.25) is 0 Å². The molecule has 4 unspecified atom stereocenters. The van der Waals surface area contributed by atoms with Crippen LogP contribution in [0.2, 0.25) is 0 Å². The van der Waals surface area contributed by atoms with Crippen molar-refractivity contribution in [2.24, 2.45) is 5.73 Å². The van der Waals surface area contributed by atoms with E-state index in [9.17, 15) is 19.2 Å². The topological polar surface area (TPSA) is 144 Å². The van der Waals surface area contributed by atoms with Gasteiger partial charge in [-0.05, 0) is 33.7 Å². The molecule has 0 radical (unpaired) electrons. The summed E-state index contributed by atoms with van der Waals surface area (Å²) in [4.78, 5) is 57.9. The number of methoxy groups -OCH3 is 4. The predicted octanol–water partition coefficient (Wildman–Crippen LogP) is -1.22. The summed E-state index contributed by atoms with van der Waals surface area (Å²) < 4.78 is 20.0. The molecule has 220 valence electrons. The van der Waals surface area contributed by atoms with Gasteiger partial charge in [0.05, 0.1) is 28.4 Å². The van der Waals surface area contributed by atoms with E-state index in [2.05, 4.69) is 0 Å². The van der Waals surface area contributed by atoms with Gasteiger partial charge in [-0.3, -0.25) is 38.8 Å². The molecule has 1 heterocycles. The fraction of sp³-hybridized carbons (Fsp3) is 0.840. The quantitative estimate of drug-likeness (QED) is 0.259. The van der Waals surface area contributed by atoms with Gasteiger partial charge in [0, 0.05) is 52.4 Å². The highest BCUT2D eigenvalue weighted by atomic mass is 16.5. The largest absolute Gasteiger partial charge is 0.468 e. The van der Waals surface area contributed by atoms with Crippen molar-refractivity contribution in [2.75, 3.05) is 87.3 Å². The zero-order valence-electron chi connectivity index (χ0n) is 24.0. The normalized spacial score (nSPS) is 20.6. The first-order valence-electron chi connectivity index (χ1n) is 13.0. The van der Waals surface area contributed by atoms with E-state index in [1.807, 2.05) is 19.6 Å². The van der Waals surface area contributed by atoms with Crippen LogP contribution >= 0.6 is 0 Å². The average Bonchev–Trinajstić information content (AvgIpc) is 2.93. The Morgan fingerprint density at radius 3 is 1.05 bits per heavy atom. The molecule has 1 aliphatic heterocycles. The molecule has 38 heavy (non-hydrogen) atoms. The zero-order chi connectivity index (χ0) is 28.8. The number of ether oxygens (including phenoxy) is 4. The molecule has 2 N–H and O–H groups in total. The van der Waals surface area contributed by atoms with Crippen molar-refractivity contribution in [1.82, 2.24) is 19.6 Å². The van der Waals surface area contributed by atoms with Crippen molar-refractivity contribution in [2.45, 2.75) is 51.4 Å². The number of nitrogens with zero attached hydrogens (tertiary/aromatic N) is 4. The average molecular weight is 546 g/mol. The van der Waals surface area contributed by atoms with E-state index in [4.69, 9.17) is 24.7 Å². The van der Waals surface area contributed by atoms with Gasteiger partial charge in [-0.2, -0.15) is 0 Å². The second-order valence-corrected chi connectivity index (χ2v) is 9.36.